The third-order valence-electron chi connectivity index (χ3n) is 2.43. The Morgan fingerprint density at radius 3 is 3.12 bits per heavy atom. The Balaban J connectivity index is 2.32. The summed E-state index contributed by atoms with van der Waals surface area (Å²) in [6, 6.07) is 5.29. The van der Waals surface area contributed by atoms with Gasteiger partial charge in [-0.3, -0.25) is 4.79 Å². The number of hydrogen-bond donors (Lipinski definition) is 1. The monoisotopic (exact) mass is 228 g/mol. The standard InChI is InChI=1S/C12H12N4O/c1-3-7-13-12(17)9-5-6-11-10(8-9)14-15-16(11)4-2/h1,5-6,8H,4,7H2,2H3,(H,13,17). The van der Waals surface area contributed by atoms with Crippen LogP contribution in [0.25, 0.3) is 11.0 Å². The zero-order valence-electron chi connectivity index (χ0n) is 9.47. The molecule has 1 aromatic carbocycles. The molecule has 2 aromatic rings. The molecular weight excluding hydrogens is 216 g/mol. The van der Waals surface area contributed by atoms with E-state index in [1.807, 2.05) is 13.0 Å². The smallest absolute Gasteiger partial charge is 0.252 e. The van der Waals surface area contributed by atoms with Gasteiger partial charge in [-0.05, 0) is 25.1 Å². The van der Waals surface area contributed by atoms with E-state index >= 15 is 0 Å². The molecule has 0 saturated carbocycles. The minimum absolute atomic E-state index is 0.198. The molecule has 0 radical (unpaired) electrons. The number of rotatable bonds is 3. The van der Waals surface area contributed by atoms with E-state index in [9.17, 15) is 4.79 Å². The van der Waals surface area contributed by atoms with Crippen LogP contribution < -0.4 is 5.32 Å². The van der Waals surface area contributed by atoms with Gasteiger partial charge in [-0.2, -0.15) is 0 Å². The number of terminal acetylenes is 1. The molecule has 5 heteroatoms. The summed E-state index contributed by atoms with van der Waals surface area (Å²) in [5, 5.41) is 10.6. The molecule has 5 nitrogen and oxygen atoms in total. The molecule has 0 bridgehead atoms. The average molecular weight is 228 g/mol. The van der Waals surface area contributed by atoms with Gasteiger partial charge in [-0.1, -0.05) is 11.1 Å². The lowest BCUT2D eigenvalue weighted by Gasteiger charge is -2.01. The van der Waals surface area contributed by atoms with E-state index in [0.29, 0.717) is 11.1 Å². The number of aromatic nitrogens is 3. The fourth-order valence-electron chi connectivity index (χ4n) is 1.58. The van der Waals surface area contributed by atoms with Crippen LogP contribution in [0, 0.1) is 12.3 Å². The molecule has 0 aliphatic rings. The van der Waals surface area contributed by atoms with Gasteiger partial charge >= 0.3 is 0 Å². The second-order valence-electron chi connectivity index (χ2n) is 3.50. The van der Waals surface area contributed by atoms with E-state index in [2.05, 4.69) is 21.5 Å². The van der Waals surface area contributed by atoms with Crippen LogP contribution in [0.15, 0.2) is 18.2 Å². The topological polar surface area (TPSA) is 59.8 Å². The molecule has 0 unspecified atom stereocenters. The number of fused-ring (bicyclic) bond motifs is 1. The second kappa shape index (κ2) is 4.66. The molecule has 0 fully saturated rings. The van der Waals surface area contributed by atoms with Crippen molar-refractivity contribution in [3.8, 4) is 12.3 Å². The van der Waals surface area contributed by atoms with Gasteiger partial charge in [0.15, 0.2) is 0 Å². The van der Waals surface area contributed by atoms with Crippen molar-refractivity contribution in [2.24, 2.45) is 0 Å². The predicted molar refractivity (Wildman–Crippen MR) is 64.4 cm³/mol. The minimum atomic E-state index is -0.198. The van der Waals surface area contributed by atoms with Crippen LogP contribution in [-0.2, 0) is 6.54 Å². The number of benzene rings is 1. The highest BCUT2D eigenvalue weighted by Crippen LogP contribution is 2.13. The summed E-state index contributed by atoms with van der Waals surface area (Å²) in [5.74, 6) is 2.16. The average Bonchev–Trinajstić information content (AvgIpc) is 2.77. The van der Waals surface area contributed by atoms with Crippen LogP contribution >= 0.6 is 0 Å². The molecule has 17 heavy (non-hydrogen) atoms. The van der Waals surface area contributed by atoms with E-state index in [4.69, 9.17) is 6.42 Å². The van der Waals surface area contributed by atoms with Crippen molar-refractivity contribution in [1.29, 1.82) is 0 Å². The van der Waals surface area contributed by atoms with Gasteiger partial charge in [0.1, 0.15) is 5.52 Å². The van der Waals surface area contributed by atoms with Gasteiger partial charge in [0.05, 0.1) is 12.1 Å². The Bertz CT molecular complexity index is 594. The van der Waals surface area contributed by atoms with Crippen molar-refractivity contribution in [2.75, 3.05) is 6.54 Å². The first-order chi connectivity index (χ1) is 8.26. The van der Waals surface area contributed by atoms with Gasteiger partial charge in [0.25, 0.3) is 5.91 Å². The van der Waals surface area contributed by atoms with Gasteiger partial charge < -0.3 is 5.32 Å². The number of nitrogens with one attached hydrogen (secondary N) is 1. The molecule has 0 aliphatic carbocycles. The zero-order valence-corrected chi connectivity index (χ0v) is 9.47. The maximum absolute atomic E-state index is 11.7. The lowest BCUT2D eigenvalue weighted by molar-refractivity contribution is 0.0959. The molecule has 0 saturated heterocycles. The zero-order chi connectivity index (χ0) is 12.3. The van der Waals surface area contributed by atoms with Crippen molar-refractivity contribution >= 4 is 16.9 Å². The van der Waals surface area contributed by atoms with Crippen LogP contribution in [0.1, 0.15) is 17.3 Å². The third-order valence-corrected chi connectivity index (χ3v) is 2.43. The van der Waals surface area contributed by atoms with Crippen LogP contribution in [0.3, 0.4) is 0 Å². The van der Waals surface area contributed by atoms with Crippen LogP contribution in [0.5, 0.6) is 0 Å². The van der Waals surface area contributed by atoms with E-state index in [1.54, 1.807) is 16.8 Å². The van der Waals surface area contributed by atoms with Gasteiger partial charge in [0.2, 0.25) is 0 Å². The van der Waals surface area contributed by atoms with E-state index < -0.39 is 0 Å². The Kier molecular flexibility index (Phi) is 3.06. The van der Waals surface area contributed by atoms with Crippen LogP contribution in [-0.4, -0.2) is 27.4 Å². The summed E-state index contributed by atoms with van der Waals surface area (Å²) in [7, 11) is 0. The largest absolute Gasteiger partial charge is 0.341 e. The highest BCUT2D eigenvalue weighted by molar-refractivity contribution is 5.97. The maximum Gasteiger partial charge on any atom is 0.252 e. The molecular formula is C12H12N4O. The second-order valence-corrected chi connectivity index (χ2v) is 3.50. The number of amides is 1. The summed E-state index contributed by atoms with van der Waals surface area (Å²) in [6.07, 6.45) is 5.08. The number of carbonyl (C=O) groups excluding carboxylic acids is 1. The summed E-state index contributed by atoms with van der Waals surface area (Å²) in [5.41, 5.74) is 2.16. The van der Waals surface area contributed by atoms with Crippen molar-refractivity contribution in [1.82, 2.24) is 20.3 Å². The summed E-state index contributed by atoms with van der Waals surface area (Å²) in [6.45, 7) is 2.96. The fourth-order valence-corrected chi connectivity index (χ4v) is 1.58. The Morgan fingerprint density at radius 2 is 2.41 bits per heavy atom. The summed E-state index contributed by atoms with van der Waals surface area (Å²) < 4.78 is 1.78. The first-order valence-electron chi connectivity index (χ1n) is 5.31. The van der Waals surface area contributed by atoms with Gasteiger partial charge in [-0.25, -0.2) is 4.68 Å². The molecule has 0 atom stereocenters. The maximum atomic E-state index is 11.7. The third kappa shape index (κ3) is 2.11. The lowest BCUT2D eigenvalue weighted by Crippen LogP contribution is -2.23. The molecule has 86 valence electrons. The fraction of sp³-hybridized carbons (Fsp3) is 0.250. The number of nitrogens with zero attached hydrogens (tertiary/aromatic N) is 3. The highest BCUT2D eigenvalue weighted by atomic mass is 16.1. The number of aryl methyl sites for hydroxylation is 1. The predicted octanol–water partition coefficient (Wildman–Crippen LogP) is 0.814. The van der Waals surface area contributed by atoms with Crippen molar-refractivity contribution in [3.63, 3.8) is 0 Å². The Morgan fingerprint density at radius 1 is 1.59 bits per heavy atom. The minimum Gasteiger partial charge on any atom is -0.341 e. The summed E-state index contributed by atoms with van der Waals surface area (Å²) >= 11 is 0. The number of hydrogen-bond acceptors (Lipinski definition) is 3. The van der Waals surface area contributed by atoms with E-state index in [-0.39, 0.29) is 12.5 Å². The lowest BCUT2D eigenvalue weighted by atomic mass is 10.2. The first-order valence-corrected chi connectivity index (χ1v) is 5.31. The van der Waals surface area contributed by atoms with Crippen LogP contribution in [0.2, 0.25) is 0 Å². The summed E-state index contributed by atoms with van der Waals surface area (Å²) in [4.78, 5) is 11.7. The molecule has 0 aliphatic heterocycles. The van der Waals surface area contributed by atoms with E-state index in [1.165, 1.54) is 0 Å². The molecule has 2 rings (SSSR count). The van der Waals surface area contributed by atoms with Gasteiger partial charge in [0, 0.05) is 12.1 Å². The van der Waals surface area contributed by atoms with Crippen molar-refractivity contribution in [3.05, 3.63) is 23.8 Å². The molecule has 1 aromatic heterocycles. The molecule has 1 amide bonds. The molecule has 1 N–H and O–H groups in total. The highest BCUT2D eigenvalue weighted by Gasteiger charge is 2.08. The number of carbonyl (C=O) groups is 1. The van der Waals surface area contributed by atoms with Gasteiger partial charge in [-0.15, -0.1) is 11.5 Å². The Hall–Kier alpha value is -2.35. The quantitative estimate of drug-likeness (QED) is 0.791. The first kappa shape index (κ1) is 11.1. The van der Waals surface area contributed by atoms with E-state index in [0.717, 1.165) is 12.1 Å². The normalized spacial score (nSPS) is 10.1. The Labute approximate surface area is 98.8 Å². The van der Waals surface area contributed by atoms with Crippen LogP contribution in [0.4, 0.5) is 0 Å². The molecule has 0 spiro atoms. The molecule has 1 heterocycles. The van der Waals surface area contributed by atoms with Crippen molar-refractivity contribution < 1.29 is 4.79 Å². The van der Waals surface area contributed by atoms with Crippen molar-refractivity contribution in [2.45, 2.75) is 13.5 Å². The SMILES string of the molecule is C#CCNC(=O)c1ccc2c(c1)nnn2CC.